The highest BCUT2D eigenvalue weighted by atomic mass is 127. The minimum Gasteiger partial charge on any atom is -0.598 e. The quantitative estimate of drug-likeness (QED) is 0.350. The maximum absolute atomic E-state index is 11.1. The van der Waals surface area contributed by atoms with Crippen molar-refractivity contribution in [3.63, 3.8) is 0 Å². The standard InChI is InChI=1S/C7H16INOS/c1-7(2)6-11(10)9-5-3-4-8/h7,9H,3-6H2,1-2H3. The van der Waals surface area contributed by atoms with Crippen LogP contribution in [0.5, 0.6) is 0 Å². The summed E-state index contributed by atoms with van der Waals surface area (Å²) in [5, 5.41) is 0. The minimum atomic E-state index is -0.805. The van der Waals surface area contributed by atoms with E-state index in [1.807, 2.05) is 0 Å². The smallest absolute Gasteiger partial charge is 0.127 e. The maximum Gasteiger partial charge on any atom is 0.127 e. The second-order valence-corrected chi connectivity index (χ2v) is 5.23. The van der Waals surface area contributed by atoms with Gasteiger partial charge in [-0.2, -0.15) is 0 Å². The summed E-state index contributed by atoms with van der Waals surface area (Å²) in [5.74, 6) is 1.28. The van der Waals surface area contributed by atoms with Gasteiger partial charge in [0.25, 0.3) is 0 Å². The van der Waals surface area contributed by atoms with E-state index in [4.69, 9.17) is 0 Å². The molecule has 0 heterocycles. The van der Waals surface area contributed by atoms with Gasteiger partial charge in [0.2, 0.25) is 0 Å². The van der Waals surface area contributed by atoms with Crippen LogP contribution in [0.1, 0.15) is 20.3 Å². The molecule has 4 heteroatoms. The number of halogens is 1. The first-order valence-corrected chi connectivity index (χ1v) is 6.69. The summed E-state index contributed by atoms with van der Waals surface area (Å²) in [7, 11) is 0. The molecule has 0 saturated heterocycles. The molecule has 0 radical (unpaired) electrons. The predicted molar refractivity (Wildman–Crippen MR) is 59.4 cm³/mol. The maximum atomic E-state index is 11.1. The van der Waals surface area contributed by atoms with Crippen molar-refractivity contribution in [3.8, 4) is 0 Å². The van der Waals surface area contributed by atoms with Crippen LogP contribution in [0.25, 0.3) is 0 Å². The van der Waals surface area contributed by atoms with Crippen molar-refractivity contribution in [2.75, 3.05) is 16.7 Å². The summed E-state index contributed by atoms with van der Waals surface area (Å²) in [6.45, 7) is 5.04. The van der Waals surface area contributed by atoms with E-state index in [0.29, 0.717) is 5.92 Å². The van der Waals surface area contributed by atoms with Gasteiger partial charge >= 0.3 is 0 Å². The number of hydrogen-bond donors (Lipinski definition) is 1. The Bertz CT molecular complexity index is 92.5. The zero-order chi connectivity index (χ0) is 8.69. The van der Waals surface area contributed by atoms with Gasteiger partial charge in [0.15, 0.2) is 0 Å². The lowest BCUT2D eigenvalue weighted by molar-refractivity contribution is 0.567. The van der Waals surface area contributed by atoms with Crippen LogP contribution in [-0.2, 0) is 11.4 Å². The van der Waals surface area contributed by atoms with Crippen molar-refractivity contribution in [1.29, 1.82) is 0 Å². The molecule has 0 bridgehead atoms. The van der Waals surface area contributed by atoms with Gasteiger partial charge in [0.1, 0.15) is 5.75 Å². The molecule has 0 saturated carbocycles. The van der Waals surface area contributed by atoms with Crippen LogP contribution in [0.3, 0.4) is 0 Å². The number of nitrogens with one attached hydrogen (secondary N) is 1. The Morgan fingerprint density at radius 1 is 1.55 bits per heavy atom. The minimum absolute atomic E-state index is 0.517. The molecule has 0 aromatic rings. The van der Waals surface area contributed by atoms with Gasteiger partial charge in [-0.05, 0) is 12.3 Å². The van der Waals surface area contributed by atoms with Crippen molar-refractivity contribution in [2.24, 2.45) is 5.92 Å². The van der Waals surface area contributed by atoms with Crippen molar-refractivity contribution in [1.82, 2.24) is 4.72 Å². The molecule has 1 atom stereocenters. The van der Waals surface area contributed by atoms with Crippen LogP contribution in [-0.4, -0.2) is 21.3 Å². The van der Waals surface area contributed by atoms with Crippen LogP contribution < -0.4 is 4.72 Å². The second kappa shape index (κ2) is 7.64. The third-order valence-electron chi connectivity index (χ3n) is 1.06. The van der Waals surface area contributed by atoms with Gasteiger partial charge in [-0.15, -0.1) is 4.72 Å². The fourth-order valence-corrected chi connectivity index (χ4v) is 2.09. The summed E-state index contributed by atoms with van der Waals surface area (Å²) in [4.78, 5) is 0. The van der Waals surface area contributed by atoms with E-state index in [9.17, 15) is 4.55 Å². The van der Waals surface area contributed by atoms with E-state index in [1.54, 1.807) is 0 Å². The molecular formula is C7H16INOS. The van der Waals surface area contributed by atoms with Gasteiger partial charge < -0.3 is 4.55 Å². The zero-order valence-electron chi connectivity index (χ0n) is 7.10. The molecule has 0 fully saturated rings. The normalized spacial score (nSPS) is 13.9. The number of alkyl halides is 1. The lowest BCUT2D eigenvalue weighted by atomic mass is 10.3. The molecule has 11 heavy (non-hydrogen) atoms. The van der Waals surface area contributed by atoms with E-state index in [-0.39, 0.29) is 0 Å². The van der Waals surface area contributed by atoms with E-state index >= 15 is 0 Å². The van der Waals surface area contributed by atoms with Crippen molar-refractivity contribution < 1.29 is 4.55 Å². The molecule has 0 aliphatic heterocycles. The molecule has 2 nitrogen and oxygen atoms in total. The van der Waals surface area contributed by atoms with Gasteiger partial charge in [-0.3, -0.25) is 0 Å². The summed E-state index contributed by atoms with van der Waals surface area (Å²) < 4.78 is 15.2. The Labute approximate surface area is 86.0 Å². The van der Waals surface area contributed by atoms with Crippen LogP contribution in [0.4, 0.5) is 0 Å². The first kappa shape index (κ1) is 12.0. The first-order chi connectivity index (χ1) is 5.16. The highest BCUT2D eigenvalue weighted by Gasteiger charge is 2.07. The predicted octanol–water partition coefficient (Wildman–Crippen LogP) is 1.72. The second-order valence-electron chi connectivity index (χ2n) is 2.84. The van der Waals surface area contributed by atoms with Gasteiger partial charge in [-0.1, -0.05) is 36.4 Å². The molecule has 0 amide bonds. The molecule has 0 aromatic heterocycles. The SMILES string of the molecule is CC(C)C[S+]([O-])NCCCI. The summed E-state index contributed by atoms with van der Waals surface area (Å²) >= 11 is 1.52. The summed E-state index contributed by atoms with van der Waals surface area (Å²) in [6.07, 6.45) is 1.10. The van der Waals surface area contributed by atoms with Crippen LogP contribution in [0, 0.1) is 5.92 Å². The molecular weight excluding hydrogens is 273 g/mol. The van der Waals surface area contributed by atoms with Crippen molar-refractivity contribution >= 4 is 34.0 Å². The lowest BCUT2D eigenvalue weighted by Crippen LogP contribution is -2.29. The average molecular weight is 289 g/mol. The Balaban J connectivity index is 3.15. The molecule has 0 aliphatic carbocycles. The molecule has 0 rings (SSSR count). The molecule has 0 spiro atoms. The van der Waals surface area contributed by atoms with Gasteiger partial charge in [-0.25, -0.2) is 0 Å². The molecule has 68 valence electrons. The van der Waals surface area contributed by atoms with E-state index in [0.717, 1.165) is 23.1 Å². The van der Waals surface area contributed by atoms with E-state index in [1.165, 1.54) is 0 Å². The summed E-state index contributed by atoms with van der Waals surface area (Å²) in [5.41, 5.74) is 0. The number of rotatable bonds is 6. The zero-order valence-corrected chi connectivity index (χ0v) is 10.1. The van der Waals surface area contributed by atoms with Crippen molar-refractivity contribution in [3.05, 3.63) is 0 Å². The van der Waals surface area contributed by atoms with E-state index < -0.39 is 11.4 Å². The monoisotopic (exact) mass is 289 g/mol. The molecule has 1 unspecified atom stereocenters. The summed E-state index contributed by atoms with van der Waals surface area (Å²) in [6, 6.07) is 0. The Morgan fingerprint density at radius 3 is 2.64 bits per heavy atom. The largest absolute Gasteiger partial charge is 0.598 e. The Hall–Kier alpha value is 1.00. The van der Waals surface area contributed by atoms with Crippen LogP contribution >= 0.6 is 22.6 Å². The fourth-order valence-electron chi connectivity index (χ4n) is 0.614. The fraction of sp³-hybridized carbons (Fsp3) is 1.00. The average Bonchev–Trinajstić information content (AvgIpc) is 1.86. The Kier molecular flexibility index (Phi) is 8.33. The number of hydrogen-bond acceptors (Lipinski definition) is 2. The van der Waals surface area contributed by atoms with Gasteiger partial charge in [0, 0.05) is 22.3 Å². The highest BCUT2D eigenvalue weighted by molar-refractivity contribution is 14.1. The van der Waals surface area contributed by atoms with Crippen molar-refractivity contribution in [2.45, 2.75) is 20.3 Å². The topological polar surface area (TPSA) is 35.1 Å². The lowest BCUT2D eigenvalue weighted by Gasteiger charge is -2.12. The third-order valence-corrected chi connectivity index (χ3v) is 3.32. The first-order valence-electron chi connectivity index (χ1n) is 3.84. The van der Waals surface area contributed by atoms with Crippen LogP contribution in [0.2, 0.25) is 0 Å². The van der Waals surface area contributed by atoms with Gasteiger partial charge in [0.05, 0.1) is 0 Å². The van der Waals surface area contributed by atoms with E-state index in [2.05, 4.69) is 41.2 Å². The molecule has 1 N–H and O–H groups in total. The highest BCUT2D eigenvalue weighted by Crippen LogP contribution is 1.97. The Morgan fingerprint density at radius 2 is 2.18 bits per heavy atom. The molecule has 0 aromatic carbocycles. The molecule has 0 aliphatic rings. The van der Waals surface area contributed by atoms with Crippen LogP contribution in [0.15, 0.2) is 0 Å². The third kappa shape index (κ3) is 8.91.